The van der Waals surface area contributed by atoms with E-state index >= 15 is 0 Å². The highest BCUT2D eigenvalue weighted by Crippen LogP contribution is 2.18. The summed E-state index contributed by atoms with van der Waals surface area (Å²) < 4.78 is 0. The second-order valence-electron chi connectivity index (χ2n) is 4.57. The van der Waals surface area contributed by atoms with Crippen LogP contribution >= 0.6 is 11.3 Å². The Hall–Kier alpha value is -2.41. The maximum atomic E-state index is 12.1. The molecule has 0 radical (unpaired) electrons. The van der Waals surface area contributed by atoms with Gasteiger partial charge in [-0.05, 0) is 37.8 Å². The van der Waals surface area contributed by atoms with Gasteiger partial charge >= 0.3 is 0 Å². The highest BCUT2D eigenvalue weighted by molar-refractivity contribution is 7.12. The largest absolute Gasteiger partial charge is 0.354 e. The van der Waals surface area contributed by atoms with Crippen molar-refractivity contribution in [2.24, 2.45) is 0 Å². The summed E-state index contributed by atoms with van der Waals surface area (Å²) in [5.41, 5.74) is 6.65. The van der Waals surface area contributed by atoms with Crippen LogP contribution in [0.15, 0.2) is 17.5 Å². The Morgan fingerprint density at radius 1 is 1.14 bits per heavy atom. The molecule has 0 atom stereocenters. The van der Waals surface area contributed by atoms with Crippen LogP contribution in [-0.2, 0) is 0 Å². The summed E-state index contributed by atoms with van der Waals surface area (Å²) in [6.45, 7) is 4.87. The van der Waals surface area contributed by atoms with E-state index in [0.717, 1.165) is 0 Å². The lowest BCUT2D eigenvalue weighted by molar-refractivity contribution is 0.0846. The molecule has 0 bridgehead atoms. The molecule has 0 aromatic carbocycles. The third kappa shape index (κ3) is 3.03. The minimum Gasteiger partial charge on any atom is -0.354 e. The van der Waals surface area contributed by atoms with Gasteiger partial charge in [0.15, 0.2) is 5.78 Å². The zero-order valence-corrected chi connectivity index (χ0v) is 12.7. The fraction of sp³-hybridized carbons (Fsp3) is 0.214. The van der Waals surface area contributed by atoms with Crippen molar-refractivity contribution < 1.29 is 14.4 Å². The highest BCUT2D eigenvalue weighted by atomic mass is 32.1. The lowest BCUT2D eigenvalue weighted by Gasteiger charge is -2.06. The van der Waals surface area contributed by atoms with Gasteiger partial charge in [-0.15, -0.1) is 11.3 Å². The number of carbonyl (C=O) groups excluding carboxylic acids is 3. The molecule has 0 aliphatic rings. The topological polar surface area (TPSA) is 91.1 Å². The SMILES string of the molecule is CC(=O)c1c(C)[nH]c(C(=O)NNC(=O)c2cccs2)c1C. The summed E-state index contributed by atoms with van der Waals surface area (Å²) in [6, 6.07) is 3.41. The van der Waals surface area contributed by atoms with E-state index in [1.54, 1.807) is 31.4 Å². The highest BCUT2D eigenvalue weighted by Gasteiger charge is 2.20. The van der Waals surface area contributed by atoms with Crippen molar-refractivity contribution in [2.45, 2.75) is 20.8 Å². The number of aromatic nitrogens is 1. The molecular formula is C14H15N3O3S. The van der Waals surface area contributed by atoms with Gasteiger partial charge in [-0.2, -0.15) is 0 Å². The smallest absolute Gasteiger partial charge is 0.286 e. The molecular weight excluding hydrogens is 290 g/mol. The van der Waals surface area contributed by atoms with Gasteiger partial charge in [0, 0.05) is 11.3 Å². The maximum absolute atomic E-state index is 12.1. The fourth-order valence-corrected chi connectivity index (χ4v) is 2.77. The van der Waals surface area contributed by atoms with Gasteiger partial charge in [0.1, 0.15) is 5.69 Å². The van der Waals surface area contributed by atoms with Crippen molar-refractivity contribution in [3.05, 3.63) is 44.9 Å². The first-order valence-electron chi connectivity index (χ1n) is 6.26. The minimum absolute atomic E-state index is 0.108. The molecule has 2 aromatic rings. The van der Waals surface area contributed by atoms with E-state index < -0.39 is 5.91 Å². The summed E-state index contributed by atoms with van der Waals surface area (Å²) in [5.74, 6) is -0.984. The van der Waals surface area contributed by atoms with Crippen LogP contribution < -0.4 is 10.9 Å². The van der Waals surface area contributed by atoms with Gasteiger partial charge in [-0.25, -0.2) is 0 Å². The quantitative estimate of drug-likeness (QED) is 0.598. The van der Waals surface area contributed by atoms with Crippen molar-refractivity contribution in [3.8, 4) is 0 Å². The Labute approximate surface area is 125 Å². The molecule has 7 heteroatoms. The van der Waals surface area contributed by atoms with E-state index in [2.05, 4.69) is 15.8 Å². The molecule has 2 amide bonds. The third-order valence-corrected chi connectivity index (χ3v) is 3.92. The lowest BCUT2D eigenvalue weighted by Crippen LogP contribution is -2.41. The number of rotatable bonds is 3. The number of carbonyl (C=O) groups is 3. The Balaban J connectivity index is 2.09. The molecule has 0 aliphatic carbocycles. The van der Waals surface area contributed by atoms with Gasteiger partial charge in [0.05, 0.1) is 4.88 Å². The predicted octanol–water partition coefficient (Wildman–Crippen LogP) is 1.97. The Bertz CT molecular complexity index is 701. The third-order valence-electron chi connectivity index (χ3n) is 3.05. The van der Waals surface area contributed by atoms with E-state index in [9.17, 15) is 14.4 Å². The molecule has 0 unspecified atom stereocenters. The van der Waals surface area contributed by atoms with Crippen molar-refractivity contribution in [1.82, 2.24) is 15.8 Å². The number of ketones is 1. The predicted molar refractivity (Wildman–Crippen MR) is 79.5 cm³/mol. The lowest BCUT2D eigenvalue weighted by atomic mass is 10.1. The van der Waals surface area contributed by atoms with Gasteiger partial charge in [0.25, 0.3) is 11.8 Å². The normalized spacial score (nSPS) is 10.2. The summed E-state index contributed by atoms with van der Waals surface area (Å²) in [6.07, 6.45) is 0. The summed E-state index contributed by atoms with van der Waals surface area (Å²) in [5, 5.41) is 1.77. The molecule has 2 heterocycles. The molecule has 21 heavy (non-hydrogen) atoms. The maximum Gasteiger partial charge on any atom is 0.286 e. The molecule has 3 N–H and O–H groups in total. The molecule has 0 aliphatic heterocycles. The van der Waals surface area contributed by atoms with Gasteiger partial charge < -0.3 is 4.98 Å². The Kier molecular flexibility index (Phi) is 4.23. The van der Waals surface area contributed by atoms with Crippen LogP contribution in [0.1, 0.15) is 48.7 Å². The van der Waals surface area contributed by atoms with Crippen molar-refractivity contribution >= 4 is 28.9 Å². The zero-order chi connectivity index (χ0) is 15.6. The second kappa shape index (κ2) is 5.92. The average molecular weight is 305 g/mol. The minimum atomic E-state index is -0.493. The number of hydrazine groups is 1. The van der Waals surface area contributed by atoms with Crippen LogP contribution in [0.2, 0.25) is 0 Å². The number of aryl methyl sites for hydroxylation is 1. The molecule has 110 valence electrons. The fourth-order valence-electron chi connectivity index (χ4n) is 2.15. The van der Waals surface area contributed by atoms with Crippen molar-refractivity contribution in [1.29, 1.82) is 0 Å². The van der Waals surface area contributed by atoms with Crippen LogP contribution in [0, 0.1) is 13.8 Å². The zero-order valence-electron chi connectivity index (χ0n) is 11.9. The number of thiophene rings is 1. The number of aromatic amines is 1. The van der Waals surface area contributed by atoms with Crippen LogP contribution in [0.5, 0.6) is 0 Å². The summed E-state index contributed by atoms with van der Waals surface area (Å²) in [7, 11) is 0. The molecule has 0 saturated heterocycles. The standard InChI is InChI=1S/C14H15N3O3S/c1-7-11(9(3)18)8(2)15-12(7)14(20)17-16-13(19)10-5-4-6-21-10/h4-6,15H,1-3H3,(H,16,19)(H,17,20). The van der Waals surface area contributed by atoms with Crippen LogP contribution in [0.25, 0.3) is 0 Å². The molecule has 0 spiro atoms. The van der Waals surface area contributed by atoms with Crippen LogP contribution in [0.4, 0.5) is 0 Å². The average Bonchev–Trinajstić information content (AvgIpc) is 3.03. The number of nitrogens with one attached hydrogen (secondary N) is 3. The van der Waals surface area contributed by atoms with Crippen LogP contribution in [-0.4, -0.2) is 22.6 Å². The van der Waals surface area contributed by atoms with E-state index in [0.29, 0.717) is 21.7 Å². The van der Waals surface area contributed by atoms with E-state index in [1.807, 2.05) is 0 Å². The number of amides is 2. The summed E-state index contributed by atoms with van der Waals surface area (Å²) >= 11 is 1.28. The van der Waals surface area contributed by atoms with Gasteiger partial charge in [-0.1, -0.05) is 6.07 Å². The van der Waals surface area contributed by atoms with Crippen molar-refractivity contribution in [3.63, 3.8) is 0 Å². The van der Waals surface area contributed by atoms with E-state index in [-0.39, 0.29) is 17.4 Å². The Morgan fingerprint density at radius 2 is 1.81 bits per heavy atom. The first-order chi connectivity index (χ1) is 9.91. The molecule has 0 fully saturated rings. The van der Waals surface area contributed by atoms with E-state index in [1.165, 1.54) is 18.3 Å². The molecule has 2 aromatic heterocycles. The van der Waals surface area contributed by atoms with Crippen LogP contribution in [0.3, 0.4) is 0 Å². The monoisotopic (exact) mass is 305 g/mol. The molecule has 0 saturated carbocycles. The van der Waals surface area contributed by atoms with Crippen molar-refractivity contribution in [2.75, 3.05) is 0 Å². The number of Topliss-reactive ketones (excluding diaryl/α,β-unsaturated/α-hetero) is 1. The van der Waals surface area contributed by atoms with E-state index in [4.69, 9.17) is 0 Å². The number of H-pyrrole nitrogens is 1. The number of hydrogen-bond donors (Lipinski definition) is 3. The van der Waals surface area contributed by atoms with Gasteiger partial charge in [-0.3, -0.25) is 25.2 Å². The molecule has 2 rings (SSSR count). The Morgan fingerprint density at radius 3 is 2.33 bits per heavy atom. The second-order valence-corrected chi connectivity index (χ2v) is 5.51. The first kappa shape index (κ1) is 15.0. The summed E-state index contributed by atoms with van der Waals surface area (Å²) in [4.78, 5) is 38.7. The number of hydrogen-bond acceptors (Lipinski definition) is 4. The first-order valence-corrected chi connectivity index (χ1v) is 7.14. The molecule has 6 nitrogen and oxygen atoms in total. The van der Waals surface area contributed by atoms with Gasteiger partial charge in [0.2, 0.25) is 0 Å².